The van der Waals surface area contributed by atoms with Crippen molar-refractivity contribution in [2.75, 3.05) is 12.4 Å². The minimum Gasteiger partial charge on any atom is -0.386 e. The molecule has 0 aliphatic rings. The van der Waals surface area contributed by atoms with E-state index in [1.165, 1.54) is 5.39 Å². The maximum Gasteiger partial charge on any atom is 0.0936 e. The molecule has 0 unspecified atom stereocenters. The number of benzene rings is 1. The predicted octanol–water partition coefficient (Wildman–Crippen LogP) is 2.58. The van der Waals surface area contributed by atoms with Crippen molar-refractivity contribution in [3.05, 3.63) is 36.0 Å². The van der Waals surface area contributed by atoms with E-state index in [4.69, 9.17) is 0 Å². The van der Waals surface area contributed by atoms with Gasteiger partial charge in [-0.1, -0.05) is 18.2 Å². The highest BCUT2D eigenvalue weighted by Gasteiger charge is 1.99. The Morgan fingerprint density at radius 2 is 2.00 bits per heavy atom. The van der Waals surface area contributed by atoms with Gasteiger partial charge in [-0.15, -0.1) is 0 Å². The number of anilines is 1. The molecule has 0 aliphatic carbocycles. The van der Waals surface area contributed by atoms with Crippen LogP contribution in [0.1, 0.15) is 5.69 Å². The van der Waals surface area contributed by atoms with Crippen molar-refractivity contribution in [3.8, 4) is 0 Å². The molecule has 0 bridgehead atoms. The highest BCUT2D eigenvalue weighted by molar-refractivity contribution is 5.90. The first-order valence-corrected chi connectivity index (χ1v) is 4.35. The zero-order valence-corrected chi connectivity index (χ0v) is 7.83. The Kier molecular flexibility index (Phi) is 1.89. The second-order valence-electron chi connectivity index (χ2n) is 3.08. The highest BCUT2D eigenvalue weighted by atomic mass is 14.9. The summed E-state index contributed by atoms with van der Waals surface area (Å²) in [6.45, 7) is 2.01. The maximum absolute atomic E-state index is 4.48. The average molecular weight is 172 g/mol. The van der Waals surface area contributed by atoms with Gasteiger partial charge in [0.05, 0.1) is 11.2 Å². The van der Waals surface area contributed by atoms with Crippen LogP contribution in [0.4, 0.5) is 5.69 Å². The minimum absolute atomic E-state index is 1.05. The van der Waals surface area contributed by atoms with Crippen molar-refractivity contribution in [2.24, 2.45) is 0 Å². The van der Waals surface area contributed by atoms with Gasteiger partial charge >= 0.3 is 0 Å². The molecule has 0 fully saturated rings. The van der Waals surface area contributed by atoms with E-state index in [9.17, 15) is 0 Å². The van der Waals surface area contributed by atoms with Gasteiger partial charge < -0.3 is 5.32 Å². The number of pyridine rings is 1. The molecule has 1 heterocycles. The lowest BCUT2D eigenvalue weighted by atomic mass is 10.2. The Hall–Kier alpha value is -1.57. The quantitative estimate of drug-likeness (QED) is 0.715. The Balaban J connectivity index is 2.79. The summed E-state index contributed by atoms with van der Waals surface area (Å²) in [5.74, 6) is 0. The number of rotatable bonds is 1. The van der Waals surface area contributed by atoms with E-state index in [1.807, 2.05) is 32.2 Å². The van der Waals surface area contributed by atoms with E-state index in [2.05, 4.69) is 22.4 Å². The lowest BCUT2D eigenvalue weighted by molar-refractivity contribution is 1.25. The fourth-order valence-corrected chi connectivity index (χ4v) is 1.45. The summed E-state index contributed by atoms with van der Waals surface area (Å²) in [6, 6.07) is 10.3. The second kappa shape index (κ2) is 3.05. The molecule has 13 heavy (non-hydrogen) atoms. The molecule has 0 amide bonds. The SMILES string of the molecule is CNc1cccc2ccc(C)nc12. The molecule has 2 nitrogen and oxygen atoms in total. The van der Waals surface area contributed by atoms with Crippen LogP contribution in [0.25, 0.3) is 10.9 Å². The number of hydrogen-bond donors (Lipinski definition) is 1. The van der Waals surface area contributed by atoms with E-state index >= 15 is 0 Å². The van der Waals surface area contributed by atoms with Crippen LogP contribution >= 0.6 is 0 Å². The Labute approximate surface area is 77.6 Å². The first kappa shape index (κ1) is 8.05. The van der Waals surface area contributed by atoms with Crippen LogP contribution in [-0.4, -0.2) is 12.0 Å². The molecular formula is C11H12N2. The van der Waals surface area contributed by atoms with Gasteiger partial charge in [0.1, 0.15) is 0 Å². The largest absolute Gasteiger partial charge is 0.386 e. The summed E-state index contributed by atoms with van der Waals surface area (Å²) in [7, 11) is 1.92. The van der Waals surface area contributed by atoms with Crippen LogP contribution < -0.4 is 5.32 Å². The van der Waals surface area contributed by atoms with Crippen LogP contribution in [-0.2, 0) is 0 Å². The van der Waals surface area contributed by atoms with Crippen molar-refractivity contribution < 1.29 is 0 Å². The molecule has 0 spiro atoms. The Bertz CT molecular complexity index is 435. The molecule has 0 atom stereocenters. The molecule has 2 heteroatoms. The molecule has 0 saturated heterocycles. The fraction of sp³-hybridized carbons (Fsp3) is 0.182. The molecule has 2 aromatic rings. The minimum atomic E-state index is 1.05. The smallest absolute Gasteiger partial charge is 0.0936 e. The van der Waals surface area contributed by atoms with E-state index < -0.39 is 0 Å². The van der Waals surface area contributed by atoms with E-state index in [0.717, 1.165) is 16.9 Å². The number of fused-ring (bicyclic) bond motifs is 1. The molecule has 0 saturated carbocycles. The van der Waals surface area contributed by atoms with Crippen molar-refractivity contribution in [1.82, 2.24) is 4.98 Å². The molecule has 1 aromatic carbocycles. The fourth-order valence-electron chi connectivity index (χ4n) is 1.45. The summed E-state index contributed by atoms with van der Waals surface area (Å²) >= 11 is 0. The van der Waals surface area contributed by atoms with Gasteiger partial charge in [0.25, 0.3) is 0 Å². The number of aryl methyl sites for hydroxylation is 1. The second-order valence-corrected chi connectivity index (χ2v) is 3.08. The maximum atomic E-state index is 4.48. The number of nitrogens with zero attached hydrogens (tertiary/aromatic N) is 1. The van der Waals surface area contributed by atoms with Crippen LogP contribution in [0.2, 0.25) is 0 Å². The Morgan fingerprint density at radius 1 is 1.15 bits per heavy atom. The first-order chi connectivity index (χ1) is 6.31. The zero-order valence-electron chi connectivity index (χ0n) is 7.83. The lowest BCUT2D eigenvalue weighted by Crippen LogP contribution is -1.92. The average Bonchev–Trinajstić information content (AvgIpc) is 2.17. The molecule has 66 valence electrons. The topological polar surface area (TPSA) is 24.9 Å². The summed E-state index contributed by atoms with van der Waals surface area (Å²) in [5, 5.41) is 4.31. The number of para-hydroxylation sites is 1. The van der Waals surface area contributed by atoms with Crippen molar-refractivity contribution >= 4 is 16.6 Å². The highest BCUT2D eigenvalue weighted by Crippen LogP contribution is 2.20. The van der Waals surface area contributed by atoms with E-state index in [0.29, 0.717) is 0 Å². The van der Waals surface area contributed by atoms with Crippen molar-refractivity contribution in [2.45, 2.75) is 6.92 Å². The molecule has 2 rings (SSSR count). The molecule has 0 aliphatic heterocycles. The Morgan fingerprint density at radius 3 is 2.77 bits per heavy atom. The van der Waals surface area contributed by atoms with Gasteiger partial charge in [-0.3, -0.25) is 4.98 Å². The van der Waals surface area contributed by atoms with Crippen molar-refractivity contribution in [3.63, 3.8) is 0 Å². The van der Waals surface area contributed by atoms with Gasteiger partial charge in [0, 0.05) is 18.1 Å². The third-order valence-corrected chi connectivity index (χ3v) is 2.13. The van der Waals surface area contributed by atoms with Gasteiger partial charge in [-0.05, 0) is 19.1 Å². The van der Waals surface area contributed by atoms with Gasteiger partial charge in [0.15, 0.2) is 0 Å². The number of aromatic nitrogens is 1. The standard InChI is InChI=1S/C11H12N2/c1-8-6-7-9-4-3-5-10(12-2)11(9)13-8/h3-7,12H,1-2H3. The monoisotopic (exact) mass is 172 g/mol. The van der Waals surface area contributed by atoms with E-state index in [-0.39, 0.29) is 0 Å². The van der Waals surface area contributed by atoms with E-state index in [1.54, 1.807) is 0 Å². The molecule has 1 aromatic heterocycles. The summed E-state index contributed by atoms with van der Waals surface area (Å²) in [6.07, 6.45) is 0. The molecule has 1 N–H and O–H groups in total. The molecular weight excluding hydrogens is 160 g/mol. The summed E-state index contributed by atoms with van der Waals surface area (Å²) < 4.78 is 0. The molecule has 0 radical (unpaired) electrons. The van der Waals surface area contributed by atoms with Crippen LogP contribution in [0.15, 0.2) is 30.3 Å². The normalized spacial score (nSPS) is 10.3. The van der Waals surface area contributed by atoms with Gasteiger partial charge in [-0.2, -0.15) is 0 Å². The number of nitrogens with one attached hydrogen (secondary N) is 1. The third kappa shape index (κ3) is 1.35. The van der Waals surface area contributed by atoms with Gasteiger partial charge in [-0.25, -0.2) is 0 Å². The van der Waals surface area contributed by atoms with Crippen LogP contribution in [0, 0.1) is 6.92 Å². The zero-order chi connectivity index (χ0) is 9.26. The number of hydrogen-bond acceptors (Lipinski definition) is 2. The lowest BCUT2D eigenvalue weighted by Gasteiger charge is -2.04. The predicted molar refractivity (Wildman–Crippen MR) is 56.0 cm³/mol. The summed E-state index contributed by atoms with van der Waals surface area (Å²) in [5.41, 5.74) is 3.18. The first-order valence-electron chi connectivity index (χ1n) is 4.35. The van der Waals surface area contributed by atoms with Crippen molar-refractivity contribution in [1.29, 1.82) is 0 Å². The van der Waals surface area contributed by atoms with Crippen LogP contribution in [0.5, 0.6) is 0 Å². The summed E-state index contributed by atoms with van der Waals surface area (Å²) in [4.78, 5) is 4.48. The third-order valence-electron chi connectivity index (χ3n) is 2.13. The van der Waals surface area contributed by atoms with Crippen LogP contribution in [0.3, 0.4) is 0 Å². The van der Waals surface area contributed by atoms with Gasteiger partial charge in [0.2, 0.25) is 0 Å².